The fourth-order valence-corrected chi connectivity index (χ4v) is 1.59. The molecule has 1 aromatic rings. The Morgan fingerprint density at radius 3 is 2.88 bits per heavy atom. The van der Waals surface area contributed by atoms with Crippen LogP contribution in [0.2, 0.25) is 0 Å². The molecule has 0 aliphatic carbocycles. The molecule has 16 heavy (non-hydrogen) atoms. The number of hydroxylamine groups is 2. The van der Waals surface area contributed by atoms with Crippen LogP contribution < -0.4 is 0 Å². The molecule has 1 rings (SSSR count). The third kappa shape index (κ3) is 3.90. The maximum Gasteiger partial charge on any atom is 0.250 e. The second-order valence-electron chi connectivity index (χ2n) is 3.68. The molecular weight excluding hydrogens is 272 g/mol. The summed E-state index contributed by atoms with van der Waals surface area (Å²) in [4.78, 5) is 21.1. The van der Waals surface area contributed by atoms with Crippen LogP contribution in [0.25, 0.3) is 0 Å². The Morgan fingerprint density at radius 1 is 1.62 bits per heavy atom. The summed E-state index contributed by atoms with van der Waals surface area (Å²) in [6, 6.07) is 3.66. The van der Waals surface area contributed by atoms with Gasteiger partial charge in [-0.3, -0.25) is 9.63 Å². The molecule has 1 heterocycles. The van der Waals surface area contributed by atoms with E-state index in [4.69, 9.17) is 4.84 Å². The van der Waals surface area contributed by atoms with Crippen LogP contribution in [0, 0.1) is 0 Å². The van der Waals surface area contributed by atoms with Gasteiger partial charge in [0.2, 0.25) is 5.91 Å². The number of hydrogen-bond donors (Lipinski definition) is 0. The Hall–Kier alpha value is -0.940. The topological polar surface area (TPSA) is 42.4 Å². The number of nitrogens with zero attached hydrogens (tertiary/aromatic N) is 2. The smallest absolute Gasteiger partial charge is 0.250 e. The van der Waals surface area contributed by atoms with Crippen LogP contribution in [0.5, 0.6) is 0 Å². The van der Waals surface area contributed by atoms with E-state index < -0.39 is 0 Å². The van der Waals surface area contributed by atoms with E-state index in [0.29, 0.717) is 4.60 Å². The third-order valence-electron chi connectivity index (χ3n) is 1.90. The first kappa shape index (κ1) is 13.1. The Balaban J connectivity index is 2.61. The van der Waals surface area contributed by atoms with Gasteiger partial charge in [0.05, 0.1) is 12.5 Å². The fourth-order valence-electron chi connectivity index (χ4n) is 1.20. The van der Waals surface area contributed by atoms with Crippen LogP contribution in [0.1, 0.15) is 19.4 Å². The number of likely N-dealkylation sites (N-methyl/N-ethyl adjacent to an activating group) is 1. The Labute approximate surface area is 104 Å². The van der Waals surface area contributed by atoms with Crippen LogP contribution in [0.15, 0.2) is 22.9 Å². The minimum absolute atomic E-state index is 0.00807. The van der Waals surface area contributed by atoms with Gasteiger partial charge in [0.25, 0.3) is 0 Å². The molecule has 4 nitrogen and oxygen atoms in total. The molecule has 0 fully saturated rings. The van der Waals surface area contributed by atoms with E-state index in [1.165, 1.54) is 5.06 Å². The minimum Gasteiger partial charge on any atom is -0.272 e. The number of carbonyl (C=O) groups is 1. The average Bonchev–Trinajstić information content (AvgIpc) is 2.20. The second-order valence-corrected chi connectivity index (χ2v) is 4.43. The van der Waals surface area contributed by atoms with Gasteiger partial charge >= 0.3 is 0 Å². The van der Waals surface area contributed by atoms with Crippen LogP contribution in [0.4, 0.5) is 0 Å². The van der Waals surface area contributed by atoms with Crippen LogP contribution in [0.3, 0.4) is 0 Å². The van der Waals surface area contributed by atoms with E-state index in [1.54, 1.807) is 19.3 Å². The second kappa shape index (κ2) is 5.96. The Morgan fingerprint density at radius 2 is 2.31 bits per heavy atom. The maximum atomic E-state index is 11.8. The monoisotopic (exact) mass is 286 g/mol. The summed E-state index contributed by atoms with van der Waals surface area (Å²) in [6.45, 7) is 3.76. The number of hydrogen-bond acceptors (Lipinski definition) is 3. The van der Waals surface area contributed by atoms with E-state index in [9.17, 15) is 4.79 Å². The van der Waals surface area contributed by atoms with E-state index in [2.05, 4.69) is 20.9 Å². The predicted octanol–water partition coefficient (Wildman–Crippen LogP) is 2.19. The zero-order valence-corrected chi connectivity index (χ0v) is 11.2. The molecule has 0 aromatic carbocycles. The summed E-state index contributed by atoms with van der Waals surface area (Å²) in [6.07, 6.45) is 1.94. The molecule has 0 atom stereocenters. The van der Waals surface area contributed by atoms with Gasteiger partial charge in [-0.15, -0.1) is 0 Å². The van der Waals surface area contributed by atoms with Crippen LogP contribution in [-0.4, -0.2) is 29.1 Å². The van der Waals surface area contributed by atoms with Crippen molar-refractivity contribution in [3.63, 3.8) is 0 Å². The van der Waals surface area contributed by atoms with Crippen molar-refractivity contribution in [3.05, 3.63) is 28.5 Å². The van der Waals surface area contributed by atoms with Gasteiger partial charge in [-0.2, -0.15) is 0 Å². The van der Waals surface area contributed by atoms with Gasteiger partial charge in [0, 0.05) is 13.2 Å². The van der Waals surface area contributed by atoms with Crippen LogP contribution >= 0.6 is 15.9 Å². The largest absolute Gasteiger partial charge is 0.272 e. The predicted molar refractivity (Wildman–Crippen MR) is 64.6 cm³/mol. The Kier molecular flexibility index (Phi) is 4.89. The number of pyridine rings is 1. The molecule has 0 N–H and O–H groups in total. The number of amides is 1. The van der Waals surface area contributed by atoms with E-state index >= 15 is 0 Å². The summed E-state index contributed by atoms with van der Waals surface area (Å²) in [7, 11) is 1.62. The van der Waals surface area contributed by atoms with Gasteiger partial charge in [-0.05, 0) is 41.4 Å². The van der Waals surface area contributed by atoms with Gasteiger partial charge in [0.1, 0.15) is 4.60 Å². The van der Waals surface area contributed by atoms with Crippen molar-refractivity contribution in [1.29, 1.82) is 0 Å². The summed E-state index contributed by atoms with van der Waals surface area (Å²) < 4.78 is 0.696. The number of rotatable bonds is 4. The summed E-state index contributed by atoms with van der Waals surface area (Å²) in [5.41, 5.74) is 0.853. The van der Waals surface area contributed by atoms with Crippen molar-refractivity contribution >= 4 is 21.8 Å². The maximum absolute atomic E-state index is 11.8. The molecule has 1 amide bonds. The molecule has 0 aliphatic heterocycles. The molecule has 0 unspecified atom stereocenters. The number of aromatic nitrogens is 1. The molecule has 0 bridgehead atoms. The molecule has 88 valence electrons. The first-order valence-electron chi connectivity index (χ1n) is 5.03. The van der Waals surface area contributed by atoms with Gasteiger partial charge in [-0.1, -0.05) is 6.07 Å². The molecule has 1 aromatic heterocycles. The molecule has 0 aliphatic rings. The third-order valence-corrected chi connectivity index (χ3v) is 2.61. The quantitative estimate of drug-likeness (QED) is 0.629. The van der Waals surface area contributed by atoms with Crippen molar-refractivity contribution in [2.45, 2.75) is 26.4 Å². The standard InChI is InChI=1S/C11H15BrN2O2/c1-8(2)16-14(3)10(15)7-9-5-4-6-13-11(9)12/h4-6,8H,7H2,1-3H3. The van der Waals surface area contributed by atoms with E-state index in [0.717, 1.165) is 5.56 Å². The molecule has 0 saturated heterocycles. The summed E-state index contributed by atoms with van der Waals surface area (Å²) in [5, 5.41) is 1.27. The molecule has 5 heteroatoms. The minimum atomic E-state index is -0.0950. The average molecular weight is 287 g/mol. The molecule has 0 radical (unpaired) electrons. The van der Waals surface area contributed by atoms with Crippen molar-refractivity contribution in [3.8, 4) is 0 Å². The highest BCUT2D eigenvalue weighted by molar-refractivity contribution is 9.10. The molecule has 0 saturated carbocycles. The van der Waals surface area contributed by atoms with Crippen molar-refractivity contribution in [1.82, 2.24) is 10.0 Å². The number of carbonyl (C=O) groups excluding carboxylic acids is 1. The summed E-state index contributed by atoms with van der Waals surface area (Å²) >= 11 is 3.30. The lowest BCUT2D eigenvalue weighted by Gasteiger charge is -2.19. The zero-order chi connectivity index (χ0) is 12.1. The Bertz CT molecular complexity index is 369. The van der Waals surface area contributed by atoms with Crippen molar-refractivity contribution < 1.29 is 9.63 Å². The lowest BCUT2D eigenvalue weighted by atomic mass is 10.2. The lowest BCUT2D eigenvalue weighted by molar-refractivity contribution is -0.190. The normalized spacial score (nSPS) is 10.6. The molecule has 0 spiro atoms. The lowest BCUT2D eigenvalue weighted by Crippen LogP contribution is -2.31. The van der Waals surface area contributed by atoms with Crippen molar-refractivity contribution in [2.24, 2.45) is 0 Å². The van der Waals surface area contributed by atoms with Crippen molar-refractivity contribution in [2.75, 3.05) is 7.05 Å². The summed E-state index contributed by atoms with van der Waals surface area (Å²) in [5.74, 6) is -0.0950. The zero-order valence-electron chi connectivity index (χ0n) is 9.61. The van der Waals surface area contributed by atoms with E-state index in [1.807, 2.05) is 19.9 Å². The van der Waals surface area contributed by atoms with Gasteiger partial charge < -0.3 is 0 Å². The molecular formula is C11H15BrN2O2. The first-order chi connectivity index (χ1) is 7.50. The highest BCUT2D eigenvalue weighted by Crippen LogP contribution is 2.14. The van der Waals surface area contributed by atoms with Gasteiger partial charge in [-0.25, -0.2) is 10.0 Å². The first-order valence-corrected chi connectivity index (χ1v) is 5.82. The van der Waals surface area contributed by atoms with E-state index in [-0.39, 0.29) is 18.4 Å². The SMILES string of the molecule is CC(C)ON(C)C(=O)Cc1cccnc1Br. The van der Waals surface area contributed by atoms with Gasteiger partial charge in [0.15, 0.2) is 0 Å². The fraction of sp³-hybridized carbons (Fsp3) is 0.455. The highest BCUT2D eigenvalue weighted by Gasteiger charge is 2.13. The van der Waals surface area contributed by atoms with Crippen LogP contribution in [-0.2, 0) is 16.1 Å². The number of halogens is 1. The highest BCUT2D eigenvalue weighted by atomic mass is 79.9.